The van der Waals surface area contributed by atoms with Crippen LogP contribution in [0.15, 0.2) is 6.33 Å². The molecule has 6 nitrogen and oxygen atoms in total. The quantitative estimate of drug-likeness (QED) is 0.687. The third-order valence-corrected chi connectivity index (χ3v) is 6.04. The minimum absolute atomic E-state index is 0.0130. The first kappa shape index (κ1) is 18.5. The van der Waals surface area contributed by atoms with Gasteiger partial charge >= 0.3 is 0 Å². The summed E-state index contributed by atoms with van der Waals surface area (Å²) in [6.07, 6.45) is 3.88. The Kier molecular flexibility index (Phi) is 6.22. The van der Waals surface area contributed by atoms with Gasteiger partial charge in [0, 0.05) is 38.1 Å². The van der Waals surface area contributed by atoms with E-state index < -0.39 is 0 Å². The molecule has 1 unspecified atom stereocenters. The fraction of sp³-hybridized carbons (Fsp3) is 0.588. The number of halogens is 1. The summed E-state index contributed by atoms with van der Waals surface area (Å²) in [5.74, 6) is 0.162. The van der Waals surface area contributed by atoms with Gasteiger partial charge < -0.3 is 14.4 Å². The summed E-state index contributed by atoms with van der Waals surface area (Å²) in [5.41, 5.74) is 1.22. The Morgan fingerprint density at radius 3 is 2.72 bits per heavy atom. The van der Waals surface area contributed by atoms with Crippen molar-refractivity contribution in [3.8, 4) is 0 Å². The molecule has 2 aromatic rings. The van der Waals surface area contributed by atoms with E-state index in [9.17, 15) is 4.79 Å². The maximum absolute atomic E-state index is 13.0. The number of carbonyl (C=O) groups excluding carboxylic acids is 1. The molecule has 3 rings (SSSR count). The predicted molar refractivity (Wildman–Crippen MR) is 98.3 cm³/mol. The minimum Gasteiger partial charge on any atom is -0.383 e. The van der Waals surface area contributed by atoms with Crippen molar-refractivity contribution < 1.29 is 14.3 Å². The highest BCUT2D eigenvalue weighted by Gasteiger charge is 2.31. The summed E-state index contributed by atoms with van der Waals surface area (Å²) in [7, 11) is 3.29. The Hall–Kier alpha value is -1.28. The average Bonchev–Trinajstić information content (AvgIpc) is 3.00. The number of hydrogen-bond acceptors (Lipinski definition) is 6. The molecular formula is C17H22ClN3O3S. The lowest BCUT2D eigenvalue weighted by Crippen LogP contribution is -2.41. The molecule has 0 saturated heterocycles. The van der Waals surface area contributed by atoms with Crippen molar-refractivity contribution in [1.82, 2.24) is 14.9 Å². The van der Waals surface area contributed by atoms with Crippen molar-refractivity contribution >= 4 is 39.1 Å². The summed E-state index contributed by atoms with van der Waals surface area (Å²) in [6.45, 7) is 2.24. The molecule has 0 fully saturated rings. The number of ether oxygens (including phenoxy) is 2. The summed E-state index contributed by atoms with van der Waals surface area (Å²) < 4.78 is 10.3. The van der Waals surface area contributed by atoms with Crippen LogP contribution in [0.1, 0.15) is 16.9 Å². The van der Waals surface area contributed by atoms with E-state index in [0.717, 1.165) is 29.5 Å². The summed E-state index contributed by atoms with van der Waals surface area (Å²) in [5, 5.41) is 1.47. The molecule has 0 radical (unpaired) electrons. The fourth-order valence-electron chi connectivity index (χ4n) is 3.28. The van der Waals surface area contributed by atoms with Gasteiger partial charge in [-0.25, -0.2) is 9.97 Å². The van der Waals surface area contributed by atoms with Crippen molar-refractivity contribution in [2.24, 2.45) is 5.92 Å². The zero-order chi connectivity index (χ0) is 17.8. The Morgan fingerprint density at radius 1 is 1.32 bits per heavy atom. The molecule has 0 aromatic carbocycles. The molecule has 25 heavy (non-hydrogen) atoms. The number of hydrogen-bond donors (Lipinski definition) is 0. The number of aryl methyl sites for hydroxylation is 1. The van der Waals surface area contributed by atoms with Crippen LogP contribution < -0.4 is 0 Å². The molecule has 2 heterocycles. The topological polar surface area (TPSA) is 64.6 Å². The van der Waals surface area contributed by atoms with E-state index in [0.29, 0.717) is 31.5 Å². The van der Waals surface area contributed by atoms with Crippen LogP contribution in [0.5, 0.6) is 0 Å². The van der Waals surface area contributed by atoms with E-state index in [1.54, 1.807) is 25.6 Å². The van der Waals surface area contributed by atoms with Gasteiger partial charge in [0.2, 0.25) is 5.91 Å². The first-order chi connectivity index (χ1) is 12.2. The highest BCUT2D eigenvalue weighted by atomic mass is 35.5. The molecule has 1 aliphatic carbocycles. The van der Waals surface area contributed by atoms with Crippen LogP contribution >= 0.6 is 22.9 Å². The van der Waals surface area contributed by atoms with E-state index in [4.69, 9.17) is 21.1 Å². The van der Waals surface area contributed by atoms with Gasteiger partial charge in [-0.1, -0.05) is 11.6 Å². The third kappa shape index (κ3) is 3.95. The monoisotopic (exact) mass is 383 g/mol. The number of nitrogens with zero attached hydrogens (tertiary/aromatic N) is 3. The summed E-state index contributed by atoms with van der Waals surface area (Å²) in [6, 6.07) is 0. The first-order valence-corrected chi connectivity index (χ1v) is 9.52. The van der Waals surface area contributed by atoms with Gasteiger partial charge in [-0.15, -0.1) is 11.3 Å². The Morgan fingerprint density at radius 2 is 2.04 bits per heavy atom. The van der Waals surface area contributed by atoms with Gasteiger partial charge in [0.1, 0.15) is 16.3 Å². The van der Waals surface area contributed by atoms with Gasteiger partial charge in [-0.3, -0.25) is 4.79 Å². The van der Waals surface area contributed by atoms with Gasteiger partial charge in [0.25, 0.3) is 0 Å². The van der Waals surface area contributed by atoms with Gasteiger partial charge in [0.15, 0.2) is 0 Å². The standard InChI is InChI=1S/C17H22ClN3O3S/c1-23-7-5-21(6-8-24-2)17(22)11-3-4-12-13(9-11)25-16-14(12)15(18)19-10-20-16/h10-11H,3-9H2,1-2H3. The molecule has 2 aromatic heterocycles. The van der Waals surface area contributed by atoms with E-state index >= 15 is 0 Å². The summed E-state index contributed by atoms with van der Waals surface area (Å²) in [4.78, 5) is 25.4. The molecule has 8 heteroatoms. The zero-order valence-corrected chi connectivity index (χ0v) is 16.0. The number of methoxy groups -OCH3 is 2. The van der Waals surface area contributed by atoms with Crippen molar-refractivity contribution in [3.05, 3.63) is 21.9 Å². The van der Waals surface area contributed by atoms with Crippen LogP contribution in [0.4, 0.5) is 0 Å². The van der Waals surface area contributed by atoms with E-state index in [1.807, 2.05) is 4.90 Å². The van der Waals surface area contributed by atoms with Crippen LogP contribution in [0.3, 0.4) is 0 Å². The number of aromatic nitrogens is 2. The maximum atomic E-state index is 13.0. The normalized spacial score (nSPS) is 16.8. The lowest BCUT2D eigenvalue weighted by atomic mass is 9.87. The van der Waals surface area contributed by atoms with E-state index in [2.05, 4.69) is 9.97 Å². The van der Waals surface area contributed by atoms with Crippen LogP contribution in [0.2, 0.25) is 5.15 Å². The smallest absolute Gasteiger partial charge is 0.226 e. The van der Waals surface area contributed by atoms with Crippen molar-refractivity contribution in [1.29, 1.82) is 0 Å². The van der Waals surface area contributed by atoms with Crippen LogP contribution in [-0.4, -0.2) is 61.3 Å². The molecule has 0 spiro atoms. The number of fused-ring (bicyclic) bond motifs is 3. The Labute approximate surface area is 156 Å². The lowest BCUT2D eigenvalue weighted by Gasteiger charge is -2.29. The molecule has 136 valence electrons. The van der Waals surface area contributed by atoms with Crippen molar-refractivity contribution in [2.75, 3.05) is 40.5 Å². The average molecular weight is 384 g/mol. The molecule has 0 N–H and O–H groups in total. The Balaban J connectivity index is 1.77. The molecular weight excluding hydrogens is 362 g/mol. The SMILES string of the molecule is COCCN(CCOC)C(=O)C1CCc2c(sc3ncnc(Cl)c23)C1. The number of thiophene rings is 1. The largest absolute Gasteiger partial charge is 0.383 e. The molecule has 1 amide bonds. The van der Waals surface area contributed by atoms with Gasteiger partial charge in [-0.05, 0) is 24.8 Å². The predicted octanol–water partition coefficient (Wildman–Crippen LogP) is 2.57. The number of rotatable bonds is 7. The maximum Gasteiger partial charge on any atom is 0.226 e. The van der Waals surface area contributed by atoms with E-state index in [-0.39, 0.29) is 11.8 Å². The first-order valence-electron chi connectivity index (χ1n) is 8.33. The van der Waals surface area contributed by atoms with E-state index in [1.165, 1.54) is 16.8 Å². The number of amides is 1. The van der Waals surface area contributed by atoms with Crippen LogP contribution in [0.25, 0.3) is 10.2 Å². The molecule has 0 aliphatic heterocycles. The van der Waals surface area contributed by atoms with Crippen LogP contribution in [0, 0.1) is 5.92 Å². The second-order valence-corrected chi connectivity index (χ2v) is 7.54. The van der Waals surface area contributed by atoms with Crippen molar-refractivity contribution in [3.63, 3.8) is 0 Å². The molecule has 1 atom stereocenters. The second-order valence-electron chi connectivity index (χ2n) is 6.10. The molecule has 1 aliphatic rings. The molecule has 0 saturated carbocycles. The highest BCUT2D eigenvalue weighted by Crippen LogP contribution is 2.39. The highest BCUT2D eigenvalue weighted by molar-refractivity contribution is 7.19. The fourth-order valence-corrected chi connectivity index (χ4v) is 4.85. The number of carbonyl (C=O) groups is 1. The summed E-state index contributed by atoms with van der Waals surface area (Å²) >= 11 is 7.88. The third-order valence-electron chi connectivity index (χ3n) is 4.59. The van der Waals surface area contributed by atoms with Gasteiger partial charge in [0.05, 0.1) is 18.6 Å². The molecule has 0 bridgehead atoms. The van der Waals surface area contributed by atoms with Crippen molar-refractivity contribution in [2.45, 2.75) is 19.3 Å². The van der Waals surface area contributed by atoms with Gasteiger partial charge in [-0.2, -0.15) is 0 Å². The lowest BCUT2D eigenvalue weighted by molar-refractivity contribution is -0.137. The minimum atomic E-state index is -0.0130. The Bertz CT molecular complexity index is 744. The zero-order valence-electron chi connectivity index (χ0n) is 14.5. The van der Waals surface area contributed by atoms with Crippen LogP contribution in [-0.2, 0) is 27.1 Å². The second kappa shape index (κ2) is 8.40.